The second-order valence-corrected chi connectivity index (χ2v) is 17.3. The quantitative estimate of drug-likeness (QED) is 0.180. The zero-order valence-electron chi connectivity index (χ0n) is 37.8. The van der Waals surface area contributed by atoms with Crippen LogP contribution in [-0.4, -0.2) is 93.2 Å². The van der Waals surface area contributed by atoms with E-state index < -0.39 is 41.3 Å². The highest BCUT2D eigenvalue weighted by Crippen LogP contribution is 2.42. The summed E-state index contributed by atoms with van der Waals surface area (Å²) >= 11 is 0. The highest BCUT2D eigenvalue weighted by molar-refractivity contribution is 7.60. The van der Waals surface area contributed by atoms with Crippen LogP contribution in [0.2, 0.25) is 0 Å². The van der Waals surface area contributed by atoms with Crippen molar-refractivity contribution in [3.05, 3.63) is 71.5 Å². The first-order valence-electron chi connectivity index (χ1n) is 21.0. The smallest absolute Gasteiger partial charge is 0.324 e. The van der Waals surface area contributed by atoms with E-state index in [1.165, 1.54) is 11.9 Å². The molecule has 5 heterocycles. The molecule has 0 spiro atoms. The Morgan fingerprint density at radius 2 is 1.73 bits per heavy atom. The number of hydrazine groups is 1. The third-order valence-corrected chi connectivity index (χ3v) is 12.3. The summed E-state index contributed by atoms with van der Waals surface area (Å²) in [7, 11) is 1.68. The summed E-state index contributed by atoms with van der Waals surface area (Å²) in [6, 6.07) is 13.0. The molecule has 2 aromatic carbocycles. The first-order chi connectivity index (χ1) is 28.2. The van der Waals surface area contributed by atoms with Gasteiger partial charge in [-0.3, -0.25) is 29.2 Å². The van der Waals surface area contributed by atoms with E-state index in [2.05, 4.69) is 54.3 Å². The van der Waals surface area contributed by atoms with Crippen LogP contribution in [0.3, 0.4) is 0 Å². The van der Waals surface area contributed by atoms with E-state index in [-0.39, 0.29) is 104 Å². The van der Waals surface area contributed by atoms with E-state index in [0.29, 0.717) is 44.5 Å². The molecule has 18 heteroatoms. The van der Waals surface area contributed by atoms with Crippen LogP contribution in [-0.2, 0) is 48.0 Å². The van der Waals surface area contributed by atoms with Gasteiger partial charge in [-0.2, -0.15) is 67.5 Å². The van der Waals surface area contributed by atoms with Crippen molar-refractivity contribution in [1.29, 1.82) is 0 Å². The number of phenolic OH excluding ortho intramolecular Hbond substituents is 1. The molecule has 64 heavy (non-hydrogen) atoms. The zero-order chi connectivity index (χ0) is 42.2. The third kappa shape index (κ3) is 11.9. The number of likely N-dealkylation sites (tertiary alicyclic amines) is 1. The second-order valence-electron chi connectivity index (χ2n) is 17.3. The number of amides is 3. The van der Waals surface area contributed by atoms with Crippen molar-refractivity contribution in [2.45, 2.75) is 111 Å². The van der Waals surface area contributed by atoms with Gasteiger partial charge in [0.15, 0.2) is 0 Å². The Bertz CT molecular complexity index is 2270. The summed E-state index contributed by atoms with van der Waals surface area (Å²) in [6.07, 6.45) is 4.72. The van der Waals surface area contributed by atoms with Crippen LogP contribution in [0.5, 0.6) is 5.75 Å². The van der Waals surface area contributed by atoms with E-state index in [1.807, 2.05) is 32.0 Å². The highest BCUT2D eigenvalue weighted by Gasteiger charge is 2.40. The van der Waals surface area contributed by atoms with Crippen molar-refractivity contribution in [2.24, 2.45) is 11.3 Å². The number of rotatable bonds is 6. The minimum atomic E-state index is -1.07. The normalized spacial score (nSPS) is 21.2. The number of phenols is 1. The number of hydrogen-bond donors (Lipinski definition) is 3. The maximum atomic E-state index is 14.5. The van der Waals surface area contributed by atoms with Gasteiger partial charge in [-0.1, -0.05) is 32.9 Å². The maximum absolute atomic E-state index is 14.5. The lowest BCUT2D eigenvalue weighted by Gasteiger charge is -2.40. The lowest BCUT2D eigenvalue weighted by molar-refractivity contribution is -0.155. The van der Waals surface area contributed by atoms with Gasteiger partial charge in [0.05, 0.1) is 24.1 Å². The average Bonchev–Trinajstić information content (AvgIpc) is 3.52. The number of esters is 1. The van der Waals surface area contributed by atoms with Gasteiger partial charge < -0.3 is 29.4 Å². The van der Waals surface area contributed by atoms with Crippen molar-refractivity contribution in [2.75, 3.05) is 26.8 Å². The molecular formula is C46H68N6O7S5. The topological polar surface area (TPSA) is 155 Å². The molecule has 3 amide bonds. The highest BCUT2D eigenvalue weighted by atomic mass is 32.1. The molecule has 4 aromatic rings. The van der Waals surface area contributed by atoms with Crippen LogP contribution in [0, 0.1) is 11.3 Å². The monoisotopic (exact) mass is 976 g/mol. The number of methoxy groups -OCH3 is 1. The molecule has 354 valence electrons. The number of cyclic esters (lactones) is 1. The fourth-order valence-electron chi connectivity index (χ4n) is 9.26. The van der Waals surface area contributed by atoms with Crippen molar-refractivity contribution in [1.82, 2.24) is 30.2 Å². The van der Waals surface area contributed by atoms with Gasteiger partial charge in [0.1, 0.15) is 23.9 Å². The van der Waals surface area contributed by atoms with Crippen molar-refractivity contribution in [3.8, 4) is 28.1 Å². The zero-order valence-corrected chi connectivity index (χ0v) is 42.8. The van der Waals surface area contributed by atoms with E-state index in [1.54, 1.807) is 30.3 Å². The van der Waals surface area contributed by atoms with Crippen molar-refractivity contribution >= 4 is 102 Å². The molecule has 0 aliphatic carbocycles. The molecule has 0 radical (unpaired) electrons. The third-order valence-electron chi connectivity index (χ3n) is 12.3. The standard InChI is InChI=1S/C46H58N6O7.5H2S/c1-8-50-39-16-15-31-24-35(39)36(42(50)34-13-9-17-47-40(34)28(3)58-7)25-46(5,6)26-59-45(57)37-14-11-19-52(49-37)44(56)38(22-30-20-32(31)23-33(54)21-30)48-43(55)41-27(2)12-10-18-51(41)29(4)53;;;;;/h9,13,15-17,20-21,23-24,27-28,37-38,41,49,54H,8,10-12,14,18-19,22,25-26H2,1-7H3,(H,48,55);5*1H2/t27-,28-,37-,38-,41-;;;;;/m0...../s1. The van der Waals surface area contributed by atoms with Gasteiger partial charge in [0.2, 0.25) is 11.8 Å². The number of aryl methyl sites for hydroxylation is 1. The van der Waals surface area contributed by atoms with Crippen LogP contribution in [0.25, 0.3) is 33.3 Å². The Labute approximate surface area is 412 Å². The van der Waals surface area contributed by atoms with Gasteiger partial charge in [0, 0.05) is 68.2 Å². The molecule has 2 saturated heterocycles. The predicted molar refractivity (Wildman–Crippen MR) is 277 cm³/mol. The van der Waals surface area contributed by atoms with E-state index in [0.717, 1.165) is 57.4 Å². The number of piperidine rings is 1. The number of pyridine rings is 1. The Hall–Kier alpha value is -3.52. The van der Waals surface area contributed by atoms with Gasteiger partial charge in [-0.15, -0.1) is 0 Å². The molecule has 3 aliphatic heterocycles. The van der Waals surface area contributed by atoms with Crippen LogP contribution in [0.1, 0.15) is 90.2 Å². The predicted octanol–water partition coefficient (Wildman–Crippen LogP) is 6.66. The number of benzene rings is 2. The van der Waals surface area contributed by atoms with Gasteiger partial charge in [0.25, 0.3) is 5.91 Å². The summed E-state index contributed by atoms with van der Waals surface area (Å²) in [4.78, 5) is 61.5. The second kappa shape index (κ2) is 23.8. The lowest BCUT2D eigenvalue weighted by Crippen LogP contribution is -2.62. The summed E-state index contributed by atoms with van der Waals surface area (Å²) < 4.78 is 14.2. The lowest BCUT2D eigenvalue weighted by atomic mass is 9.84. The molecule has 0 saturated carbocycles. The summed E-state index contributed by atoms with van der Waals surface area (Å²) in [5, 5.41) is 16.7. The van der Waals surface area contributed by atoms with Crippen LogP contribution < -0.4 is 10.7 Å². The number of ether oxygens (including phenoxy) is 2. The molecular weight excluding hydrogens is 909 g/mol. The number of aromatic hydroxyl groups is 1. The van der Waals surface area contributed by atoms with E-state index in [4.69, 9.17) is 14.5 Å². The molecule has 2 fully saturated rings. The minimum absolute atomic E-state index is 0. The fourth-order valence-corrected chi connectivity index (χ4v) is 9.26. The molecule has 0 unspecified atom stereocenters. The molecule has 5 atom stereocenters. The SMILES string of the molecule is CCn1c(-c2cccnc2[C@H](C)OC)c2c3cc(ccc31)-c1cc(O)cc(c1)C[C@H](NC(=O)[C@@H]1[C@@H](C)CCCN1C(C)=O)C(=O)N1CCC[C@H](N1)C(=O)OCC(C)(C)C2.S.S.S.S.S. The number of carbonyl (C=O) groups excluding carboxylic acids is 4. The number of aromatic nitrogens is 2. The number of nitrogens with one attached hydrogen (secondary N) is 2. The largest absolute Gasteiger partial charge is 0.508 e. The Morgan fingerprint density at radius 1 is 1.02 bits per heavy atom. The van der Waals surface area contributed by atoms with Crippen molar-refractivity contribution < 1.29 is 33.8 Å². The van der Waals surface area contributed by atoms with Gasteiger partial charge in [-0.25, -0.2) is 5.43 Å². The Kier molecular flexibility index (Phi) is 21.0. The molecule has 13 nitrogen and oxygen atoms in total. The van der Waals surface area contributed by atoms with Gasteiger partial charge in [-0.05, 0) is 111 Å². The number of fused-ring (bicyclic) bond motifs is 6. The summed E-state index contributed by atoms with van der Waals surface area (Å²) in [5.41, 5.74) is 9.77. The first-order valence-corrected chi connectivity index (χ1v) is 21.0. The van der Waals surface area contributed by atoms with E-state index >= 15 is 0 Å². The van der Waals surface area contributed by atoms with Crippen LogP contribution in [0.15, 0.2) is 54.7 Å². The number of carbonyl (C=O) groups is 4. The maximum Gasteiger partial charge on any atom is 0.324 e. The van der Waals surface area contributed by atoms with Crippen LogP contribution >= 0.6 is 67.5 Å². The van der Waals surface area contributed by atoms with Crippen molar-refractivity contribution in [3.63, 3.8) is 0 Å². The Balaban J connectivity index is 0.00000282. The Morgan fingerprint density at radius 3 is 2.42 bits per heavy atom. The van der Waals surface area contributed by atoms with E-state index in [9.17, 15) is 24.3 Å². The first kappa shape index (κ1) is 56.6. The van der Waals surface area contributed by atoms with Gasteiger partial charge >= 0.3 is 5.97 Å². The molecule has 6 bridgehead atoms. The molecule has 7 rings (SSSR count). The average molecular weight is 977 g/mol. The molecule has 3 N–H and O–H groups in total. The number of nitrogens with zero attached hydrogens (tertiary/aromatic N) is 4. The molecule has 3 aliphatic rings. The summed E-state index contributed by atoms with van der Waals surface area (Å²) in [5.74, 6) is -1.56. The fraction of sp³-hybridized carbons (Fsp3) is 0.500. The van der Waals surface area contributed by atoms with Crippen LogP contribution in [0.4, 0.5) is 0 Å². The summed E-state index contributed by atoms with van der Waals surface area (Å²) in [6.45, 7) is 13.3. The molecule has 2 aromatic heterocycles. The number of hydrogen-bond acceptors (Lipinski definition) is 9. The minimum Gasteiger partial charge on any atom is -0.508 e.